The van der Waals surface area contributed by atoms with Gasteiger partial charge < -0.3 is 14.2 Å². The molecular formula is C16H18O3. The maximum Gasteiger partial charge on any atom is 0.122 e. The van der Waals surface area contributed by atoms with Crippen LogP contribution in [-0.4, -0.2) is 20.3 Å². The number of para-hydroxylation sites is 1. The lowest BCUT2D eigenvalue weighted by Gasteiger charge is -2.10. The van der Waals surface area contributed by atoms with E-state index < -0.39 is 0 Å². The fourth-order valence-corrected chi connectivity index (χ4v) is 1.70. The normalized spacial score (nSPS) is 10.0. The maximum atomic E-state index is 5.65. The van der Waals surface area contributed by atoms with Crippen LogP contribution in [0.1, 0.15) is 5.56 Å². The average molecular weight is 258 g/mol. The van der Waals surface area contributed by atoms with Crippen LogP contribution in [0.5, 0.6) is 17.2 Å². The molecule has 0 heterocycles. The molecule has 0 aliphatic heterocycles. The molecule has 0 unspecified atom stereocenters. The fraction of sp³-hybridized carbons (Fsp3) is 0.250. The Balaban J connectivity index is 1.76. The van der Waals surface area contributed by atoms with Crippen molar-refractivity contribution in [3.8, 4) is 17.2 Å². The van der Waals surface area contributed by atoms with E-state index in [-0.39, 0.29) is 0 Å². The van der Waals surface area contributed by atoms with Gasteiger partial charge >= 0.3 is 0 Å². The molecule has 3 nitrogen and oxygen atoms in total. The highest BCUT2D eigenvalue weighted by Crippen LogP contribution is 2.18. The lowest BCUT2D eigenvalue weighted by molar-refractivity contribution is 0.216. The monoisotopic (exact) mass is 258 g/mol. The molecule has 0 aromatic heterocycles. The molecule has 2 aromatic carbocycles. The van der Waals surface area contributed by atoms with E-state index in [9.17, 15) is 0 Å². The summed E-state index contributed by atoms with van der Waals surface area (Å²) in [5, 5.41) is 0. The van der Waals surface area contributed by atoms with Crippen LogP contribution < -0.4 is 14.2 Å². The zero-order valence-corrected chi connectivity index (χ0v) is 11.3. The fourth-order valence-electron chi connectivity index (χ4n) is 1.70. The first-order chi connectivity index (χ1) is 9.29. The van der Waals surface area contributed by atoms with E-state index in [0.29, 0.717) is 13.2 Å². The molecule has 0 aliphatic carbocycles. The Labute approximate surface area is 113 Å². The van der Waals surface area contributed by atoms with E-state index in [4.69, 9.17) is 14.2 Å². The smallest absolute Gasteiger partial charge is 0.122 e. The van der Waals surface area contributed by atoms with Crippen molar-refractivity contribution in [2.24, 2.45) is 0 Å². The van der Waals surface area contributed by atoms with Crippen molar-refractivity contribution in [3.63, 3.8) is 0 Å². The number of rotatable bonds is 6. The second-order valence-corrected chi connectivity index (χ2v) is 4.14. The molecule has 2 rings (SSSR count). The first-order valence-corrected chi connectivity index (χ1v) is 6.25. The van der Waals surface area contributed by atoms with Gasteiger partial charge in [0.25, 0.3) is 0 Å². The SMILES string of the molecule is COc1ccc(OCCOc2ccccc2C)cc1. The van der Waals surface area contributed by atoms with Crippen LogP contribution in [-0.2, 0) is 0 Å². The number of ether oxygens (including phenoxy) is 3. The molecule has 0 fully saturated rings. The molecule has 19 heavy (non-hydrogen) atoms. The third kappa shape index (κ3) is 3.91. The van der Waals surface area contributed by atoms with Crippen LogP contribution in [0.2, 0.25) is 0 Å². The summed E-state index contributed by atoms with van der Waals surface area (Å²) in [7, 11) is 1.64. The second kappa shape index (κ2) is 6.69. The Kier molecular flexibility index (Phi) is 4.67. The third-order valence-electron chi connectivity index (χ3n) is 2.76. The molecule has 0 aliphatic rings. The van der Waals surface area contributed by atoms with Crippen LogP contribution >= 0.6 is 0 Å². The molecule has 100 valence electrons. The molecule has 0 spiro atoms. The largest absolute Gasteiger partial charge is 0.497 e. The quantitative estimate of drug-likeness (QED) is 0.743. The van der Waals surface area contributed by atoms with Crippen molar-refractivity contribution < 1.29 is 14.2 Å². The third-order valence-corrected chi connectivity index (χ3v) is 2.76. The van der Waals surface area contributed by atoms with Gasteiger partial charge in [-0.3, -0.25) is 0 Å². The lowest BCUT2D eigenvalue weighted by Crippen LogP contribution is -2.09. The van der Waals surface area contributed by atoms with Gasteiger partial charge in [-0.1, -0.05) is 18.2 Å². The highest BCUT2D eigenvalue weighted by Gasteiger charge is 1.98. The van der Waals surface area contributed by atoms with E-state index in [1.54, 1.807) is 7.11 Å². The number of benzene rings is 2. The predicted octanol–water partition coefficient (Wildman–Crippen LogP) is 3.46. The molecule has 2 aromatic rings. The lowest BCUT2D eigenvalue weighted by atomic mass is 10.2. The van der Waals surface area contributed by atoms with E-state index in [1.165, 1.54) is 0 Å². The molecule has 0 saturated carbocycles. The van der Waals surface area contributed by atoms with E-state index in [0.717, 1.165) is 22.8 Å². The van der Waals surface area contributed by atoms with Gasteiger partial charge in [0.05, 0.1) is 7.11 Å². The molecule has 0 bridgehead atoms. The van der Waals surface area contributed by atoms with Crippen LogP contribution in [0.25, 0.3) is 0 Å². The van der Waals surface area contributed by atoms with Crippen molar-refractivity contribution in [3.05, 3.63) is 54.1 Å². The van der Waals surface area contributed by atoms with Crippen molar-refractivity contribution >= 4 is 0 Å². The van der Waals surface area contributed by atoms with Crippen LogP contribution in [0, 0.1) is 6.92 Å². The van der Waals surface area contributed by atoms with E-state index in [1.807, 2.05) is 55.5 Å². The van der Waals surface area contributed by atoms with E-state index in [2.05, 4.69) is 0 Å². The van der Waals surface area contributed by atoms with Gasteiger partial charge in [0.1, 0.15) is 30.5 Å². The number of hydrogen-bond acceptors (Lipinski definition) is 3. The first kappa shape index (κ1) is 13.3. The maximum absolute atomic E-state index is 5.65. The summed E-state index contributed by atoms with van der Waals surface area (Å²) in [4.78, 5) is 0. The summed E-state index contributed by atoms with van der Waals surface area (Å²) in [5.74, 6) is 2.54. The number of methoxy groups -OCH3 is 1. The van der Waals surface area contributed by atoms with Crippen molar-refractivity contribution in [1.29, 1.82) is 0 Å². The Morgan fingerprint density at radius 1 is 0.789 bits per heavy atom. The summed E-state index contributed by atoms with van der Waals surface area (Å²) in [6.45, 7) is 3.07. The summed E-state index contributed by atoms with van der Waals surface area (Å²) < 4.78 is 16.3. The van der Waals surface area contributed by atoms with Crippen LogP contribution in [0.4, 0.5) is 0 Å². The first-order valence-electron chi connectivity index (χ1n) is 6.25. The summed E-state index contributed by atoms with van der Waals surface area (Å²) >= 11 is 0. The number of aryl methyl sites for hydroxylation is 1. The van der Waals surface area contributed by atoms with Gasteiger partial charge in [0.15, 0.2) is 0 Å². The highest BCUT2D eigenvalue weighted by atomic mass is 16.5. The zero-order chi connectivity index (χ0) is 13.5. The Morgan fingerprint density at radius 2 is 1.42 bits per heavy atom. The van der Waals surface area contributed by atoms with Gasteiger partial charge in [0, 0.05) is 0 Å². The van der Waals surface area contributed by atoms with Crippen LogP contribution in [0.15, 0.2) is 48.5 Å². The van der Waals surface area contributed by atoms with E-state index >= 15 is 0 Å². The molecule has 0 N–H and O–H groups in total. The van der Waals surface area contributed by atoms with Crippen molar-refractivity contribution in [1.82, 2.24) is 0 Å². The molecule has 0 amide bonds. The van der Waals surface area contributed by atoms with Gasteiger partial charge in [0.2, 0.25) is 0 Å². The Morgan fingerprint density at radius 3 is 2.11 bits per heavy atom. The van der Waals surface area contributed by atoms with Crippen molar-refractivity contribution in [2.75, 3.05) is 20.3 Å². The molecule has 3 heteroatoms. The summed E-state index contributed by atoms with van der Waals surface area (Å²) in [6, 6.07) is 15.5. The minimum absolute atomic E-state index is 0.515. The summed E-state index contributed by atoms with van der Waals surface area (Å²) in [5.41, 5.74) is 1.13. The topological polar surface area (TPSA) is 27.7 Å². The molecule has 0 saturated heterocycles. The predicted molar refractivity (Wildman–Crippen MR) is 75.2 cm³/mol. The zero-order valence-electron chi connectivity index (χ0n) is 11.3. The second-order valence-electron chi connectivity index (χ2n) is 4.14. The van der Waals surface area contributed by atoms with Gasteiger partial charge in [-0.2, -0.15) is 0 Å². The highest BCUT2D eigenvalue weighted by molar-refractivity contribution is 5.32. The molecule has 0 radical (unpaired) electrons. The molecular weight excluding hydrogens is 240 g/mol. The average Bonchev–Trinajstić information content (AvgIpc) is 2.46. The Hall–Kier alpha value is -2.16. The minimum atomic E-state index is 0.515. The molecule has 0 atom stereocenters. The van der Waals surface area contributed by atoms with Gasteiger partial charge in [-0.05, 0) is 42.8 Å². The van der Waals surface area contributed by atoms with Crippen LogP contribution in [0.3, 0.4) is 0 Å². The summed E-state index contributed by atoms with van der Waals surface area (Å²) in [6.07, 6.45) is 0. The van der Waals surface area contributed by atoms with Gasteiger partial charge in [-0.15, -0.1) is 0 Å². The van der Waals surface area contributed by atoms with Crippen molar-refractivity contribution in [2.45, 2.75) is 6.92 Å². The Bertz CT molecular complexity index is 506. The van der Waals surface area contributed by atoms with Gasteiger partial charge in [-0.25, -0.2) is 0 Å². The standard InChI is InChI=1S/C16H18O3/c1-13-5-3-4-6-16(13)19-12-11-18-15-9-7-14(17-2)8-10-15/h3-10H,11-12H2,1-2H3. The number of hydrogen-bond donors (Lipinski definition) is 0. The minimum Gasteiger partial charge on any atom is -0.497 e.